The second-order valence-corrected chi connectivity index (χ2v) is 10.2. The molecule has 1 aromatic carbocycles. The molecule has 39 heavy (non-hydrogen) atoms. The van der Waals surface area contributed by atoms with Gasteiger partial charge >= 0.3 is 0 Å². The van der Waals surface area contributed by atoms with Crippen molar-refractivity contribution in [1.29, 1.82) is 0 Å². The minimum Gasteiger partial charge on any atom is -0.395 e. The molecule has 4 N–H and O–H groups in total. The highest BCUT2D eigenvalue weighted by molar-refractivity contribution is 5.95. The van der Waals surface area contributed by atoms with Gasteiger partial charge in [-0.25, -0.2) is 18.7 Å². The third-order valence-corrected chi connectivity index (χ3v) is 7.28. The lowest BCUT2D eigenvalue weighted by molar-refractivity contribution is 0.0310. The molecule has 12 heteroatoms. The summed E-state index contributed by atoms with van der Waals surface area (Å²) in [5.74, 6) is -1.86. The van der Waals surface area contributed by atoms with Gasteiger partial charge in [0, 0.05) is 25.3 Å². The Kier molecular flexibility index (Phi) is 7.87. The first kappa shape index (κ1) is 27.1. The number of aryl methyl sites for hydroxylation is 1. The summed E-state index contributed by atoms with van der Waals surface area (Å²) in [6.07, 6.45) is 5.19. The first-order chi connectivity index (χ1) is 18.8. The standard InChI is InChI=1S/C27H31F3N6O3/c1-15-6-21(28)19(27(39)34-16-2-3-16)8-25(15)36-11-24(32-14-36)20-7-17(9-31-26(20)30)33-23-4-5-35(10-22(23)29)18(12-37)13-38/h6-9,11,14,16,18,22-23,33,37-38H,2-5,10,12-13H2,1H3,(H,34,39)/t22-,23?/m1/s1. The van der Waals surface area contributed by atoms with Crippen molar-refractivity contribution < 1.29 is 28.2 Å². The summed E-state index contributed by atoms with van der Waals surface area (Å²) >= 11 is 0. The largest absolute Gasteiger partial charge is 0.395 e. The van der Waals surface area contributed by atoms with Gasteiger partial charge in [-0.1, -0.05) is 0 Å². The normalized spacial score (nSPS) is 19.9. The maximum Gasteiger partial charge on any atom is 0.254 e. The third-order valence-electron chi connectivity index (χ3n) is 7.28. The maximum absolute atomic E-state index is 14.9. The average Bonchev–Trinajstić information content (AvgIpc) is 3.59. The molecule has 208 valence electrons. The SMILES string of the molecule is Cc1cc(F)c(C(=O)NC2CC2)cc1-n1cnc(-c2cc(NC3CCN(C(CO)CO)C[C@H]3F)cnc2F)c1. The van der Waals surface area contributed by atoms with Gasteiger partial charge in [0.25, 0.3) is 5.91 Å². The van der Waals surface area contributed by atoms with Crippen molar-refractivity contribution in [1.82, 2.24) is 24.8 Å². The molecule has 0 spiro atoms. The van der Waals surface area contributed by atoms with Gasteiger partial charge in [0.2, 0.25) is 5.95 Å². The number of pyridine rings is 1. The number of aromatic nitrogens is 3. The van der Waals surface area contributed by atoms with E-state index in [2.05, 4.69) is 20.6 Å². The number of nitrogens with zero attached hydrogens (tertiary/aromatic N) is 4. The number of carbonyl (C=O) groups excluding carboxylic acids is 1. The van der Waals surface area contributed by atoms with E-state index in [1.807, 2.05) is 0 Å². The van der Waals surface area contributed by atoms with Crippen molar-refractivity contribution in [3.63, 3.8) is 0 Å². The zero-order valence-corrected chi connectivity index (χ0v) is 21.4. The number of nitrogens with one attached hydrogen (secondary N) is 2. The highest BCUT2D eigenvalue weighted by Crippen LogP contribution is 2.28. The molecule has 0 radical (unpaired) electrons. The number of carbonyl (C=O) groups is 1. The molecule has 9 nitrogen and oxygen atoms in total. The first-order valence-corrected chi connectivity index (χ1v) is 12.9. The smallest absolute Gasteiger partial charge is 0.254 e. The van der Waals surface area contributed by atoms with Crippen LogP contribution in [0.5, 0.6) is 0 Å². The van der Waals surface area contributed by atoms with Crippen molar-refractivity contribution in [3.8, 4) is 16.9 Å². The molecule has 1 aliphatic carbocycles. The van der Waals surface area contributed by atoms with Gasteiger partial charge in [0.1, 0.15) is 12.0 Å². The molecule has 1 saturated carbocycles. The van der Waals surface area contributed by atoms with E-state index in [9.17, 15) is 28.2 Å². The molecule has 1 amide bonds. The highest BCUT2D eigenvalue weighted by atomic mass is 19.1. The van der Waals surface area contributed by atoms with Gasteiger partial charge in [-0.15, -0.1) is 0 Å². The summed E-state index contributed by atoms with van der Waals surface area (Å²) in [7, 11) is 0. The number of amides is 1. The number of hydrogen-bond donors (Lipinski definition) is 4. The molecular weight excluding hydrogens is 513 g/mol. The lowest BCUT2D eigenvalue weighted by Gasteiger charge is -2.38. The fraction of sp³-hybridized carbons (Fsp3) is 0.444. The van der Waals surface area contributed by atoms with Crippen LogP contribution in [0.1, 0.15) is 35.2 Å². The first-order valence-electron chi connectivity index (χ1n) is 12.9. The molecule has 3 heterocycles. The summed E-state index contributed by atoms with van der Waals surface area (Å²) in [5, 5.41) is 24.6. The summed E-state index contributed by atoms with van der Waals surface area (Å²) in [5.41, 5.74) is 1.79. The number of likely N-dealkylation sites (tertiary alicyclic amines) is 1. The van der Waals surface area contributed by atoms with Gasteiger partial charge < -0.3 is 25.4 Å². The van der Waals surface area contributed by atoms with Crippen molar-refractivity contribution in [2.75, 3.05) is 31.6 Å². The Labute approximate surface area is 223 Å². The molecule has 2 aromatic heterocycles. The van der Waals surface area contributed by atoms with E-state index < -0.39 is 35.9 Å². The summed E-state index contributed by atoms with van der Waals surface area (Å²) in [6, 6.07) is 3.25. The summed E-state index contributed by atoms with van der Waals surface area (Å²) < 4.78 is 45.8. The minimum absolute atomic E-state index is 0.0486. The number of benzene rings is 1. The lowest BCUT2D eigenvalue weighted by Crippen LogP contribution is -2.53. The fourth-order valence-corrected chi connectivity index (χ4v) is 4.83. The van der Waals surface area contributed by atoms with E-state index in [4.69, 9.17) is 0 Å². The van der Waals surface area contributed by atoms with Gasteiger partial charge in [-0.05, 0) is 49.9 Å². The maximum atomic E-state index is 14.9. The van der Waals surface area contributed by atoms with Gasteiger partial charge in [-0.2, -0.15) is 4.39 Å². The van der Waals surface area contributed by atoms with Crippen LogP contribution in [-0.2, 0) is 0 Å². The molecule has 5 rings (SSSR count). The summed E-state index contributed by atoms with van der Waals surface area (Å²) in [4.78, 5) is 22.3. The van der Waals surface area contributed by atoms with E-state index in [-0.39, 0.29) is 42.6 Å². The molecule has 1 aliphatic heterocycles. The Morgan fingerprint density at radius 1 is 1.15 bits per heavy atom. The third kappa shape index (κ3) is 5.92. The van der Waals surface area contributed by atoms with Crippen molar-refractivity contribution >= 4 is 11.6 Å². The lowest BCUT2D eigenvalue weighted by atomic mass is 10.0. The predicted molar refractivity (Wildman–Crippen MR) is 138 cm³/mol. The molecule has 1 saturated heterocycles. The second kappa shape index (κ2) is 11.3. The number of aliphatic hydroxyl groups excluding tert-OH is 2. The van der Waals surface area contributed by atoms with Crippen molar-refractivity contribution in [3.05, 3.63) is 59.8 Å². The number of hydrogen-bond acceptors (Lipinski definition) is 7. The van der Waals surface area contributed by atoms with Crippen LogP contribution >= 0.6 is 0 Å². The molecule has 1 unspecified atom stereocenters. The molecule has 2 aliphatic rings. The topological polar surface area (TPSA) is 116 Å². The molecule has 3 aromatic rings. The predicted octanol–water partition coefficient (Wildman–Crippen LogP) is 2.59. The van der Waals surface area contributed by atoms with Crippen LogP contribution in [0.25, 0.3) is 16.9 Å². The van der Waals surface area contributed by atoms with Crippen LogP contribution in [0.4, 0.5) is 18.9 Å². The Balaban J connectivity index is 1.34. The van der Waals surface area contributed by atoms with E-state index in [1.54, 1.807) is 22.6 Å². The van der Waals surface area contributed by atoms with Gasteiger partial charge in [0.15, 0.2) is 0 Å². The fourth-order valence-electron chi connectivity index (χ4n) is 4.83. The number of imidazole rings is 1. The molecule has 0 bridgehead atoms. The average molecular weight is 545 g/mol. The second-order valence-electron chi connectivity index (χ2n) is 10.2. The molecular formula is C27H31F3N6O3. The molecule has 2 fully saturated rings. The number of anilines is 1. The van der Waals surface area contributed by atoms with E-state index in [0.717, 1.165) is 12.8 Å². The van der Waals surface area contributed by atoms with Gasteiger partial charge in [-0.3, -0.25) is 9.69 Å². The van der Waals surface area contributed by atoms with Crippen LogP contribution in [0, 0.1) is 18.7 Å². The molecule has 2 atom stereocenters. The number of aliphatic hydroxyl groups is 2. The van der Waals surface area contributed by atoms with Crippen molar-refractivity contribution in [2.45, 2.75) is 50.5 Å². The van der Waals surface area contributed by atoms with E-state index >= 15 is 0 Å². The van der Waals surface area contributed by atoms with Crippen LogP contribution in [0.15, 0.2) is 36.9 Å². The Hall–Kier alpha value is -3.48. The number of piperidine rings is 1. The van der Waals surface area contributed by atoms with E-state index in [0.29, 0.717) is 29.9 Å². The van der Waals surface area contributed by atoms with E-state index in [1.165, 1.54) is 30.7 Å². The number of rotatable bonds is 9. The van der Waals surface area contributed by atoms with Crippen molar-refractivity contribution in [2.24, 2.45) is 0 Å². The Morgan fingerprint density at radius 2 is 1.92 bits per heavy atom. The zero-order chi connectivity index (χ0) is 27.7. The zero-order valence-electron chi connectivity index (χ0n) is 21.4. The minimum atomic E-state index is -1.28. The summed E-state index contributed by atoms with van der Waals surface area (Å²) in [6.45, 7) is 1.72. The highest BCUT2D eigenvalue weighted by Gasteiger charge is 2.32. The monoisotopic (exact) mass is 544 g/mol. The van der Waals surface area contributed by atoms with Crippen LogP contribution < -0.4 is 10.6 Å². The number of halogens is 3. The Morgan fingerprint density at radius 3 is 2.62 bits per heavy atom. The van der Waals surface area contributed by atoms with Crippen LogP contribution in [0.2, 0.25) is 0 Å². The van der Waals surface area contributed by atoms with Crippen LogP contribution in [-0.4, -0.2) is 86.2 Å². The quantitative estimate of drug-likeness (QED) is 0.306. The number of alkyl halides is 1. The van der Waals surface area contributed by atoms with Crippen LogP contribution in [0.3, 0.4) is 0 Å². The Bertz CT molecular complexity index is 1340. The van der Waals surface area contributed by atoms with Gasteiger partial charge in [0.05, 0.1) is 66.0 Å².